The summed E-state index contributed by atoms with van der Waals surface area (Å²) in [6.07, 6.45) is 6.03. The Hall–Kier alpha value is -0.0200. The van der Waals surface area contributed by atoms with E-state index in [1.165, 1.54) is 32.1 Å². The van der Waals surface area contributed by atoms with Crippen molar-refractivity contribution in [2.75, 3.05) is 6.16 Å². The minimum absolute atomic E-state index is 0.0940. The van der Waals surface area contributed by atoms with Gasteiger partial charge in [-0.1, -0.05) is 32.1 Å². The smallest absolute Gasteiger partial charge is 0.387 e. The number of aliphatic hydroxyl groups excluding tert-OH is 1. The van der Waals surface area contributed by atoms with Gasteiger partial charge in [0.15, 0.2) is 0 Å². The third-order valence-corrected chi connectivity index (χ3v) is 3.85. The second-order valence-corrected chi connectivity index (χ2v) is 5.58. The van der Waals surface area contributed by atoms with Crippen LogP contribution in [0.25, 0.3) is 0 Å². The summed E-state index contributed by atoms with van der Waals surface area (Å²) in [6.45, 7) is 0. The van der Waals surface area contributed by atoms with E-state index < -0.39 is 14.1 Å². The van der Waals surface area contributed by atoms with Crippen molar-refractivity contribution in [3.05, 3.63) is 0 Å². The van der Waals surface area contributed by atoms with Gasteiger partial charge in [0.2, 0.25) is 6.16 Å². The van der Waals surface area contributed by atoms with E-state index in [1.807, 2.05) is 0 Å². The van der Waals surface area contributed by atoms with Gasteiger partial charge in [-0.25, -0.2) is 0 Å². The molecule has 1 fully saturated rings. The highest BCUT2D eigenvalue weighted by molar-refractivity contribution is 7.38. The van der Waals surface area contributed by atoms with Crippen molar-refractivity contribution in [1.29, 1.82) is 0 Å². The molecular weight excluding hydrogens is 213 g/mol. The van der Waals surface area contributed by atoms with Crippen LogP contribution in [0.3, 0.4) is 0 Å². The monoisotopic (exact) mass is 234 g/mol. The first-order valence-electron chi connectivity index (χ1n) is 5.66. The van der Waals surface area contributed by atoms with Gasteiger partial charge in [-0.2, -0.15) is 4.89 Å². The maximum Gasteiger partial charge on any atom is 0.508 e. The molecule has 5 heteroatoms. The number of hydrogen-bond acceptors (Lipinski definition) is 3. The summed E-state index contributed by atoms with van der Waals surface area (Å²) in [7, 11) is -2.28. The maximum atomic E-state index is 10.5. The summed E-state index contributed by atoms with van der Waals surface area (Å²) in [6, 6.07) is -0.348. The number of hydrogen-bond donors (Lipinski definition) is 3. The normalized spacial score (nSPS) is 23.5. The molecular formula is C10H21NO3P+. The lowest BCUT2D eigenvalue weighted by Gasteiger charge is -2.25. The van der Waals surface area contributed by atoms with Crippen molar-refractivity contribution in [2.24, 2.45) is 11.7 Å². The van der Waals surface area contributed by atoms with Crippen LogP contribution in [-0.2, 0) is 4.57 Å². The molecule has 0 aromatic carbocycles. The zero-order valence-corrected chi connectivity index (χ0v) is 9.90. The first kappa shape index (κ1) is 13.0. The highest BCUT2D eigenvalue weighted by Gasteiger charge is 2.27. The van der Waals surface area contributed by atoms with Gasteiger partial charge >= 0.3 is 8.03 Å². The van der Waals surface area contributed by atoms with Gasteiger partial charge in [-0.15, -0.1) is 0 Å². The molecule has 3 atom stereocenters. The Morgan fingerprint density at radius 1 is 1.33 bits per heavy atom. The Balaban J connectivity index is 2.26. The van der Waals surface area contributed by atoms with Crippen LogP contribution in [0.1, 0.15) is 38.5 Å². The fourth-order valence-corrected chi connectivity index (χ4v) is 2.85. The van der Waals surface area contributed by atoms with E-state index in [2.05, 4.69) is 0 Å². The lowest BCUT2D eigenvalue weighted by Crippen LogP contribution is -2.38. The summed E-state index contributed by atoms with van der Waals surface area (Å²) >= 11 is 0. The van der Waals surface area contributed by atoms with Crippen LogP contribution in [0, 0.1) is 5.92 Å². The fourth-order valence-electron chi connectivity index (χ4n) is 2.26. The van der Waals surface area contributed by atoms with Crippen LogP contribution in [0.5, 0.6) is 0 Å². The van der Waals surface area contributed by atoms with Crippen molar-refractivity contribution in [3.8, 4) is 0 Å². The van der Waals surface area contributed by atoms with E-state index in [4.69, 9.17) is 10.6 Å². The molecule has 0 aromatic rings. The van der Waals surface area contributed by atoms with Gasteiger partial charge in [0.1, 0.15) is 6.10 Å². The molecule has 0 bridgehead atoms. The summed E-state index contributed by atoms with van der Waals surface area (Å²) in [5.74, 6) is 0.597. The third kappa shape index (κ3) is 5.03. The molecule has 15 heavy (non-hydrogen) atoms. The highest BCUT2D eigenvalue weighted by atomic mass is 31.1. The Bertz CT molecular complexity index is 207. The minimum atomic E-state index is -2.28. The second kappa shape index (κ2) is 6.54. The average Bonchev–Trinajstić information content (AvgIpc) is 2.18. The molecule has 0 saturated heterocycles. The predicted molar refractivity (Wildman–Crippen MR) is 59.9 cm³/mol. The zero-order valence-electron chi connectivity index (χ0n) is 9.01. The Kier molecular flexibility index (Phi) is 5.69. The van der Waals surface area contributed by atoms with Crippen LogP contribution in [0.2, 0.25) is 0 Å². The average molecular weight is 234 g/mol. The molecule has 0 aliphatic heterocycles. The van der Waals surface area contributed by atoms with E-state index in [9.17, 15) is 9.67 Å². The van der Waals surface area contributed by atoms with Crippen LogP contribution in [-0.4, -0.2) is 28.3 Å². The largest absolute Gasteiger partial charge is 0.508 e. The molecule has 0 radical (unpaired) electrons. The topological polar surface area (TPSA) is 83.5 Å². The number of aliphatic hydroxyl groups is 1. The van der Waals surface area contributed by atoms with Crippen molar-refractivity contribution in [1.82, 2.24) is 0 Å². The van der Waals surface area contributed by atoms with Crippen LogP contribution in [0.4, 0.5) is 0 Å². The van der Waals surface area contributed by atoms with Gasteiger partial charge in [0, 0.05) is 6.04 Å². The molecule has 4 N–H and O–H groups in total. The standard InChI is InChI=1S/C10H20NO3P/c11-9(10(12)7-15(13)14)6-8-4-2-1-3-5-8/h8-10,12H,1-7,11H2/p+1. The fraction of sp³-hybridized carbons (Fsp3) is 1.00. The number of rotatable bonds is 5. The quantitative estimate of drug-likeness (QED) is 0.627. The molecule has 0 amide bonds. The van der Waals surface area contributed by atoms with E-state index in [1.54, 1.807) is 0 Å². The zero-order chi connectivity index (χ0) is 11.3. The van der Waals surface area contributed by atoms with Gasteiger partial charge in [-0.05, 0) is 16.9 Å². The van der Waals surface area contributed by atoms with Crippen molar-refractivity contribution < 1.29 is 14.6 Å². The highest BCUT2D eigenvalue weighted by Crippen LogP contribution is 2.28. The molecule has 0 heterocycles. The lowest BCUT2D eigenvalue weighted by atomic mass is 9.84. The van der Waals surface area contributed by atoms with Crippen LogP contribution >= 0.6 is 8.03 Å². The van der Waals surface area contributed by atoms with Crippen molar-refractivity contribution in [2.45, 2.75) is 50.7 Å². The molecule has 1 aliphatic rings. The second-order valence-electron chi connectivity index (χ2n) is 4.51. The first-order chi connectivity index (χ1) is 7.09. The Morgan fingerprint density at radius 3 is 2.47 bits per heavy atom. The van der Waals surface area contributed by atoms with Crippen LogP contribution < -0.4 is 5.73 Å². The molecule has 4 nitrogen and oxygen atoms in total. The first-order valence-corrected chi connectivity index (χ1v) is 7.06. The van der Waals surface area contributed by atoms with Gasteiger partial charge in [0.25, 0.3) is 0 Å². The molecule has 1 rings (SSSR count). The van der Waals surface area contributed by atoms with Gasteiger partial charge < -0.3 is 10.8 Å². The number of nitrogens with two attached hydrogens (primary N) is 1. The predicted octanol–water partition coefficient (Wildman–Crippen LogP) is 1.38. The summed E-state index contributed by atoms with van der Waals surface area (Å²) in [4.78, 5) is 8.67. The molecule has 0 aromatic heterocycles. The summed E-state index contributed by atoms with van der Waals surface area (Å²) < 4.78 is 10.5. The summed E-state index contributed by atoms with van der Waals surface area (Å²) in [5.41, 5.74) is 5.81. The molecule has 3 unspecified atom stereocenters. The summed E-state index contributed by atoms with van der Waals surface area (Å²) in [5, 5.41) is 9.55. The maximum absolute atomic E-state index is 10.5. The van der Waals surface area contributed by atoms with Gasteiger partial charge in [0.05, 0.1) is 0 Å². The van der Waals surface area contributed by atoms with E-state index in [-0.39, 0.29) is 12.2 Å². The van der Waals surface area contributed by atoms with E-state index in [0.29, 0.717) is 5.92 Å². The molecule has 1 aliphatic carbocycles. The van der Waals surface area contributed by atoms with Crippen molar-refractivity contribution >= 4 is 8.03 Å². The van der Waals surface area contributed by atoms with Crippen molar-refractivity contribution in [3.63, 3.8) is 0 Å². The van der Waals surface area contributed by atoms with E-state index >= 15 is 0 Å². The SMILES string of the molecule is NC(CC1CCCCC1)C(O)C[P+](=O)O. The Morgan fingerprint density at radius 2 is 1.93 bits per heavy atom. The minimum Gasteiger partial charge on any atom is -0.387 e. The third-order valence-electron chi connectivity index (χ3n) is 3.17. The lowest BCUT2D eigenvalue weighted by molar-refractivity contribution is 0.144. The molecule has 88 valence electrons. The Labute approximate surface area is 91.7 Å². The molecule has 0 spiro atoms. The van der Waals surface area contributed by atoms with E-state index in [0.717, 1.165) is 6.42 Å². The van der Waals surface area contributed by atoms with Gasteiger partial charge in [-0.3, -0.25) is 0 Å². The molecule has 1 saturated carbocycles. The van der Waals surface area contributed by atoms with Crippen LogP contribution in [0.15, 0.2) is 0 Å².